The summed E-state index contributed by atoms with van der Waals surface area (Å²) in [6, 6.07) is 8.50. The summed E-state index contributed by atoms with van der Waals surface area (Å²) in [6.07, 6.45) is 3.85. The summed E-state index contributed by atoms with van der Waals surface area (Å²) in [6.45, 7) is 1.79. The molecule has 2 aliphatic heterocycles. The maximum Gasteiger partial charge on any atom is 0.329 e. The van der Waals surface area contributed by atoms with Crippen molar-refractivity contribution in [3.63, 3.8) is 0 Å². The number of aromatic nitrogens is 2. The highest BCUT2D eigenvalue weighted by atomic mass is 16.3. The molecule has 2 fully saturated rings. The van der Waals surface area contributed by atoms with E-state index in [1.54, 1.807) is 35.4 Å². The maximum atomic E-state index is 13.0. The van der Waals surface area contributed by atoms with E-state index in [2.05, 4.69) is 25.5 Å². The van der Waals surface area contributed by atoms with Crippen LogP contribution in [-0.4, -0.2) is 58.3 Å². The van der Waals surface area contributed by atoms with Gasteiger partial charge in [-0.25, -0.2) is 14.8 Å². The Hall–Kier alpha value is -3.20. The fourth-order valence-electron chi connectivity index (χ4n) is 3.86. The van der Waals surface area contributed by atoms with Gasteiger partial charge in [-0.1, -0.05) is 6.07 Å². The Morgan fingerprint density at radius 3 is 2.86 bits per heavy atom. The number of aliphatic hydroxyl groups is 1. The van der Waals surface area contributed by atoms with Crippen molar-refractivity contribution in [1.82, 2.24) is 15.3 Å². The van der Waals surface area contributed by atoms with Crippen LogP contribution in [0.5, 0.6) is 0 Å². The summed E-state index contributed by atoms with van der Waals surface area (Å²) in [5.41, 5.74) is 0.293. The number of amides is 3. The Morgan fingerprint density at radius 1 is 1.24 bits per heavy atom. The molecule has 2 aromatic rings. The maximum absolute atomic E-state index is 13.0. The van der Waals surface area contributed by atoms with E-state index in [4.69, 9.17) is 0 Å². The monoisotopic (exact) mass is 394 g/mol. The smallest absolute Gasteiger partial charge is 0.329 e. The molecule has 2 aromatic heterocycles. The zero-order chi connectivity index (χ0) is 20.0. The standard InChI is InChI=1S/C20H22N6O3/c27-18(22-12-20(29)7-8-20)14-4-5-15-17(23-14)26(13-6-10-25(15)11-13)19(28)24-16-3-1-2-9-21-16/h1-5,9,13,29H,6-8,10-12H2,(H,22,27)(H,21,24,28)/t13-/m0/s1. The van der Waals surface area contributed by atoms with Gasteiger partial charge in [0.1, 0.15) is 11.5 Å². The Morgan fingerprint density at radius 2 is 2.10 bits per heavy atom. The van der Waals surface area contributed by atoms with E-state index in [1.165, 1.54) is 0 Å². The number of carbonyl (C=O) groups is 2. The molecule has 2 bridgehead atoms. The van der Waals surface area contributed by atoms with Crippen LogP contribution in [0.15, 0.2) is 36.5 Å². The van der Waals surface area contributed by atoms with Crippen molar-refractivity contribution in [1.29, 1.82) is 0 Å². The van der Waals surface area contributed by atoms with E-state index in [0.29, 0.717) is 24.5 Å². The quantitative estimate of drug-likeness (QED) is 0.722. The third-order valence-electron chi connectivity index (χ3n) is 5.71. The molecular formula is C20H22N6O3. The van der Waals surface area contributed by atoms with Crippen molar-refractivity contribution in [2.75, 3.05) is 34.8 Å². The number of anilines is 3. The summed E-state index contributed by atoms with van der Waals surface area (Å²) >= 11 is 0. The van der Waals surface area contributed by atoms with Gasteiger partial charge in [0.05, 0.1) is 17.3 Å². The average Bonchev–Trinajstić information content (AvgIpc) is 3.33. The van der Waals surface area contributed by atoms with Crippen molar-refractivity contribution >= 4 is 29.3 Å². The van der Waals surface area contributed by atoms with E-state index >= 15 is 0 Å². The van der Waals surface area contributed by atoms with Crippen LogP contribution >= 0.6 is 0 Å². The van der Waals surface area contributed by atoms with Crippen LogP contribution in [0.4, 0.5) is 22.1 Å². The predicted octanol–water partition coefficient (Wildman–Crippen LogP) is 1.36. The number of fused-ring (bicyclic) bond motifs is 4. The summed E-state index contributed by atoms with van der Waals surface area (Å²) in [7, 11) is 0. The molecule has 4 heterocycles. The first kappa shape index (κ1) is 17.9. The van der Waals surface area contributed by atoms with Gasteiger partial charge in [0, 0.05) is 25.8 Å². The minimum absolute atomic E-state index is 0.0100. The second-order valence-electron chi connectivity index (χ2n) is 7.85. The Labute approximate surface area is 167 Å². The van der Waals surface area contributed by atoms with E-state index in [0.717, 1.165) is 25.2 Å². The number of urea groups is 1. The normalized spacial score (nSPS) is 20.8. The van der Waals surface area contributed by atoms with Crippen LogP contribution in [0.1, 0.15) is 29.8 Å². The molecule has 1 aliphatic carbocycles. The molecule has 1 saturated heterocycles. The van der Waals surface area contributed by atoms with Gasteiger partial charge in [0.15, 0.2) is 5.82 Å². The lowest BCUT2D eigenvalue weighted by atomic mass is 10.1. The molecule has 1 saturated carbocycles. The zero-order valence-corrected chi connectivity index (χ0v) is 15.8. The van der Waals surface area contributed by atoms with Gasteiger partial charge in [-0.2, -0.15) is 0 Å². The molecule has 0 unspecified atom stereocenters. The van der Waals surface area contributed by atoms with E-state index in [-0.39, 0.29) is 30.2 Å². The van der Waals surface area contributed by atoms with E-state index < -0.39 is 5.60 Å². The van der Waals surface area contributed by atoms with Crippen LogP contribution in [0, 0.1) is 0 Å². The second-order valence-corrected chi connectivity index (χ2v) is 7.85. The molecule has 3 amide bonds. The fourth-order valence-corrected chi connectivity index (χ4v) is 3.86. The fraction of sp³-hybridized carbons (Fsp3) is 0.400. The molecule has 9 heteroatoms. The van der Waals surface area contributed by atoms with Crippen LogP contribution < -0.4 is 20.4 Å². The van der Waals surface area contributed by atoms with Gasteiger partial charge in [-0.05, 0) is 43.5 Å². The summed E-state index contributed by atoms with van der Waals surface area (Å²) in [5.74, 6) is 0.585. The number of rotatable bonds is 4. The lowest BCUT2D eigenvalue weighted by Gasteiger charge is -2.35. The minimum atomic E-state index is -0.775. The topological polar surface area (TPSA) is 111 Å². The van der Waals surface area contributed by atoms with Gasteiger partial charge in [0.25, 0.3) is 5.91 Å². The molecule has 29 heavy (non-hydrogen) atoms. The highest BCUT2D eigenvalue weighted by Crippen LogP contribution is 2.39. The third kappa shape index (κ3) is 3.38. The lowest BCUT2D eigenvalue weighted by molar-refractivity contribution is 0.0891. The Balaban J connectivity index is 1.42. The zero-order valence-electron chi connectivity index (χ0n) is 15.8. The van der Waals surface area contributed by atoms with Crippen molar-refractivity contribution in [2.45, 2.75) is 30.9 Å². The first-order chi connectivity index (χ1) is 14.0. The Bertz CT molecular complexity index is 962. The number of hydrogen-bond donors (Lipinski definition) is 3. The highest BCUT2D eigenvalue weighted by molar-refractivity contribution is 6.05. The van der Waals surface area contributed by atoms with E-state index in [9.17, 15) is 14.7 Å². The third-order valence-corrected chi connectivity index (χ3v) is 5.71. The summed E-state index contributed by atoms with van der Waals surface area (Å²) in [4.78, 5) is 38.1. The van der Waals surface area contributed by atoms with Crippen molar-refractivity contribution in [3.8, 4) is 0 Å². The lowest BCUT2D eigenvalue weighted by Crippen LogP contribution is -2.48. The molecule has 9 nitrogen and oxygen atoms in total. The molecule has 150 valence electrons. The Kier molecular flexibility index (Phi) is 4.13. The molecule has 3 N–H and O–H groups in total. The van der Waals surface area contributed by atoms with Crippen molar-refractivity contribution in [3.05, 3.63) is 42.2 Å². The first-order valence-electron chi connectivity index (χ1n) is 9.80. The minimum Gasteiger partial charge on any atom is -0.388 e. The molecule has 1 atom stereocenters. The predicted molar refractivity (Wildman–Crippen MR) is 107 cm³/mol. The van der Waals surface area contributed by atoms with Crippen LogP contribution in [0.25, 0.3) is 0 Å². The van der Waals surface area contributed by atoms with Gasteiger partial charge < -0.3 is 15.3 Å². The highest BCUT2D eigenvalue weighted by Gasteiger charge is 2.42. The number of carbonyl (C=O) groups excluding carboxylic acids is 2. The average molecular weight is 394 g/mol. The number of hydrogen-bond acceptors (Lipinski definition) is 6. The molecule has 0 aromatic carbocycles. The molecular weight excluding hydrogens is 372 g/mol. The van der Waals surface area contributed by atoms with Gasteiger partial charge in [0.2, 0.25) is 0 Å². The molecule has 5 rings (SSSR count). The second kappa shape index (κ2) is 6.70. The molecule has 0 radical (unpaired) electrons. The van der Waals surface area contributed by atoms with Crippen LogP contribution in [0.3, 0.4) is 0 Å². The number of nitrogens with zero attached hydrogens (tertiary/aromatic N) is 4. The van der Waals surface area contributed by atoms with Crippen molar-refractivity contribution < 1.29 is 14.7 Å². The van der Waals surface area contributed by atoms with Gasteiger partial charge in [-0.15, -0.1) is 0 Å². The van der Waals surface area contributed by atoms with Crippen molar-refractivity contribution in [2.24, 2.45) is 0 Å². The molecule has 0 spiro atoms. The van der Waals surface area contributed by atoms with Crippen LogP contribution in [-0.2, 0) is 0 Å². The first-order valence-corrected chi connectivity index (χ1v) is 9.80. The number of pyridine rings is 2. The van der Waals surface area contributed by atoms with E-state index in [1.807, 2.05) is 6.07 Å². The van der Waals surface area contributed by atoms with Crippen LogP contribution in [0.2, 0.25) is 0 Å². The largest absolute Gasteiger partial charge is 0.388 e. The van der Waals surface area contributed by atoms with Gasteiger partial charge in [-0.3, -0.25) is 15.0 Å². The van der Waals surface area contributed by atoms with Gasteiger partial charge >= 0.3 is 6.03 Å². The SMILES string of the molecule is O=C(NCC1(O)CC1)c1ccc2c(n1)N(C(=O)Nc1ccccn1)[C@H]1CCN2C1. The number of nitrogens with one attached hydrogen (secondary N) is 2. The summed E-state index contributed by atoms with van der Waals surface area (Å²) < 4.78 is 0. The summed E-state index contributed by atoms with van der Waals surface area (Å²) in [5, 5.41) is 15.5. The molecule has 3 aliphatic rings.